The number of aliphatic imine (C=N–C) groups is 2. The van der Waals surface area contributed by atoms with Crippen LogP contribution in [0.3, 0.4) is 0 Å². The molecule has 1 saturated heterocycles. The standard InChI is InChI=1S/C25H26FN5O2/c1-30-10-12-31(13-11-30)16-24(32)29-25-27-20(17-6-8-19(26)9-7-17)15-21(28-25)23-14-18-4-2-3-5-22(18)33-23/h2-9,14,20H,10-13,15-16H2,1H3,(H,27,29,32). The number of likely N-dealkylation sites (N-methyl/N-ethyl adjacent to an activating group) is 1. The number of nitrogens with one attached hydrogen (secondary N) is 1. The summed E-state index contributed by atoms with van der Waals surface area (Å²) in [6.07, 6.45) is 0.489. The van der Waals surface area contributed by atoms with E-state index in [4.69, 9.17) is 4.42 Å². The van der Waals surface area contributed by atoms with Crippen LogP contribution in [0, 0.1) is 5.82 Å². The molecule has 1 amide bonds. The van der Waals surface area contributed by atoms with E-state index in [-0.39, 0.29) is 23.7 Å². The lowest BCUT2D eigenvalue weighted by atomic mass is 9.99. The summed E-state index contributed by atoms with van der Waals surface area (Å²) in [5.74, 6) is 0.449. The van der Waals surface area contributed by atoms with Gasteiger partial charge in [0.2, 0.25) is 11.9 Å². The minimum absolute atomic E-state index is 0.147. The van der Waals surface area contributed by atoms with E-state index in [1.54, 1.807) is 12.1 Å². The molecule has 2 aromatic carbocycles. The lowest BCUT2D eigenvalue weighted by Gasteiger charge is -2.31. The third-order valence-corrected chi connectivity index (χ3v) is 6.08. The van der Waals surface area contributed by atoms with Gasteiger partial charge in [0.25, 0.3) is 0 Å². The molecule has 1 N–H and O–H groups in total. The number of carbonyl (C=O) groups is 1. The van der Waals surface area contributed by atoms with Crippen LogP contribution < -0.4 is 5.32 Å². The Morgan fingerprint density at radius 1 is 1.12 bits per heavy atom. The van der Waals surface area contributed by atoms with Gasteiger partial charge in [-0.2, -0.15) is 0 Å². The van der Waals surface area contributed by atoms with Crippen molar-refractivity contribution in [3.05, 3.63) is 71.7 Å². The van der Waals surface area contributed by atoms with Crippen molar-refractivity contribution >= 4 is 28.5 Å². The van der Waals surface area contributed by atoms with Crippen molar-refractivity contribution in [2.24, 2.45) is 9.98 Å². The lowest BCUT2D eigenvalue weighted by molar-refractivity contribution is -0.121. The number of para-hydroxylation sites is 1. The molecule has 0 aliphatic carbocycles. The first-order valence-corrected chi connectivity index (χ1v) is 11.1. The van der Waals surface area contributed by atoms with Crippen LogP contribution in [0.5, 0.6) is 0 Å². The van der Waals surface area contributed by atoms with E-state index in [1.807, 2.05) is 30.3 Å². The first-order chi connectivity index (χ1) is 16.0. The van der Waals surface area contributed by atoms with Gasteiger partial charge in [-0.05, 0) is 36.9 Å². The molecule has 2 aliphatic rings. The molecule has 1 fully saturated rings. The van der Waals surface area contributed by atoms with Crippen LogP contribution in [0.4, 0.5) is 4.39 Å². The summed E-state index contributed by atoms with van der Waals surface area (Å²) < 4.78 is 19.5. The fourth-order valence-electron chi connectivity index (χ4n) is 4.17. The molecule has 170 valence electrons. The number of furan rings is 1. The molecule has 0 spiro atoms. The molecule has 2 aliphatic heterocycles. The zero-order valence-electron chi connectivity index (χ0n) is 18.5. The number of hydrogen-bond acceptors (Lipinski definition) is 6. The number of fused-ring (bicyclic) bond motifs is 1. The molecule has 1 atom stereocenters. The van der Waals surface area contributed by atoms with Gasteiger partial charge in [-0.1, -0.05) is 30.3 Å². The van der Waals surface area contributed by atoms with Crippen LogP contribution in [0.25, 0.3) is 11.0 Å². The number of hydrogen-bond donors (Lipinski definition) is 1. The second-order valence-electron chi connectivity index (χ2n) is 8.56. The smallest absolute Gasteiger partial charge is 0.240 e. The molecule has 0 saturated carbocycles. The quantitative estimate of drug-likeness (QED) is 0.667. The number of benzene rings is 2. The largest absolute Gasteiger partial charge is 0.455 e. The summed E-state index contributed by atoms with van der Waals surface area (Å²) in [5.41, 5.74) is 2.33. The van der Waals surface area contributed by atoms with E-state index < -0.39 is 0 Å². The Labute approximate surface area is 191 Å². The zero-order chi connectivity index (χ0) is 22.8. The molecule has 0 bridgehead atoms. The Morgan fingerprint density at radius 3 is 2.64 bits per heavy atom. The number of halogens is 1. The molecular formula is C25H26FN5O2. The predicted molar refractivity (Wildman–Crippen MR) is 126 cm³/mol. The van der Waals surface area contributed by atoms with Crippen molar-refractivity contribution in [1.82, 2.24) is 15.1 Å². The van der Waals surface area contributed by atoms with Gasteiger partial charge < -0.3 is 9.32 Å². The van der Waals surface area contributed by atoms with E-state index in [2.05, 4.69) is 32.1 Å². The predicted octanol–water partition coefficient (Wildman–Crippen LogP) is 3.23. The van der Waals surface area contributed by atoms with Crippen molar-refractivity contribution in [1.29, 1.82) is 0 Å². The Morgan fingerprint density at radius 2 is 1.88 bits per heavy atom. The van der Waals surface area contributed by atoms with Gasteiger partial charge in [-0.15, -0.1) is 0 Å². The van der Waals surface area contributed by atoms with Gasteiger partial charge in [0.15, 0.2) is 0 Å². The highest BCUT2D eigenvalue weighted by molar-refractivity contribution is 6.11. The Hall–Kier alpha value is -3.36. The summed E-state index contributed by atoms with van der Waals surface area (Å²) in [4.78, 5) is 26.4. The maximum atomic E-state index is 13.5. The highest BCUT2D eigenvalue weighted by atomic mass is 19.1. The van der Waals surface area contributed by atoms with Crippen molar-refractivity contribution in [2.75, 3.05) is 39.8 Å². The Kier molecular flexibility index (Phi) is 6.02. The summed E-state index contributed by atoms with van der Waals surface area (Å²) in [5, 5.41) is 3.86. The molecule has 0 radical (unpaired) electrons. The minimum Gasteiger partial charge on any atom is -0.455 e. The summed E-state index contributed by atoms with van der Waals surface area (Å²) in [6, 6.07) is 15.7. The number of nitrogens with zero attached hydrogens (tertiary/aromatic N) is 4. The molecule has 7 nitrogen and oxygen atoms in total. The van der Waals surface area contributed by atoms with Crippen LogP contribution in [-0.4, -0.2) is 67.1 Å². The van der Waals surface area contributed by atoms with Crippen LogP contribution in [-0.2, 0) is 4.79 Å². The SMILES string of the molecule is CN1CCN(CC(=O)NC2=NC(c3ccc(F)cc3)CC(c3cc4ccccc4o3)=N2)CC1. The second-order valence-corrected chi connectivity index (χ2v) is 8.56. The monoisotopic (exact) mass is 447 g/mol. The van der Waals surface area contributed by atoms with Crippen LogP contribution >= 0.6 is 0 Å². The molecule has 3 aromatic rings. The number of rotatable bonds is 4. The second kappa shape index (κ2) is 9.25. The van der Waals surface area contributed by atoms with Crippen LogP contribution in [0.1, 0.15) is 23.8 Å². The Balaban J connectivity index is 1.39. The summed E-state index contributed by atoms with van der Waals surface area (Å²) in [6.45, 7) is 3.87. The normalized spacial score (nSPS) is 19.9. The van der Waals surface area contributed by atoms with Gasteiger partial charge in [-0.3, -0.25) is 15.0 Å². The first kappa shape index (κ1) is 21.5. The highest BCUT2D eigenvalue weighted by Gasteiger charge is 2.25. The zero-order valence-corrected chi connectivity index (χ0v) is 18.5. The van der Waals surface area contributed by atoms with E-state index in [1.165, 1.54) is 12.1 Å². The molecule has 1 unspecified atom stereocenters. The van der Waals surface area contributed by atoms with Crippen molar-refractivity contribution < 1.29 is 13.6 Å². The Bertz CT molecular complexity index is 1180. The van der Waals surface area contributed by atoms with Gasteiger partial charge in [0.1, 0.15) is 17.2 Å². The molecule has 1 aromatic heterocycles. The topological polar surface area (TPSA) is 73.4 Å². The van der Waals surface area contributed by atoms with E-state index in [0.29, 0.717) is 24.4 Å². The van der Waals surface area contributed by atoms with E-state index in [9.17, 15) is 9.18 Å². The molecule has 5 rings (SSSR count). The van der Waals surface area contributed by atoms with Crippen LogP contribution in [0.2, 0.25) is 0 Å². The van der Waals surface area contributed by atoms with Crippen molar-refractivity contribution in [2.45, 2.75) is 12.5 Å². The first-order valence-electron chi connectivity index (χ1n) is 11.1. The van der Waals surface area contributed by atoms with Crippen LogP contribution in [0.15, 0.2) is 69.0 Å². The molecule has 33 heavy (non-hydrogen) atoms. The number of piperazine rings is 1. The number of amides is 1. The summed E-state index contributed by atoms with van der Waals surface area (Å²) >= 11 is 0. The van der Waals surface area contributed by atoms with E-state index >= 15 is 0 Å². The molecular weight excluding hydrogens is 421 g/mol. The maximum absolute atomic E-state index is 13.5. The lowest BCUT2D eigenvalue weighted by Crippen LogP contribution is -2.48. The number of carbonyl (C=O) groups excluding carboxylic acids is 1. The fourth-order valence-corrected chi connectivity index (χ4v) is 4.17. The average molecular weight is 448 g/mol. The molecule has 3 heterocycles. The van der Waals surface area contributed by atoms with E-state index in [0.717, 1.165) is 42.7 Å². The minimum atomic E-state index is -0.301. The fraction of sp³-hybridized carbons (Fsp3) is 0.320. The van der Waals surface area contributed by atoms with Gasteiger partial charge >= 0.3 is 0 Å². The molecule has 8 heteroatoms. The van der Waals surface area contributed by atoms with Gasteiger partial charge in [0.05, 0.1) is 18.3 Å². The van der Waals surface area contributed by atoms with Crippen molar-refractivity contribution in [3.63, 3.8) is 0 Å². The van der Waals surface area contributed by atoms with Crippen molar-refractivity contribution in [3.8, 4) is 0 Å². The third kappa shape index (κ3) is 5.02. The maximum Gasteiger partial charge on any atom is 0.240 e. The summed E-state index contributed by atoms with van der Waals surface area (Å²) in [7, 11) is 2.08. The van der Waals surface area contributed by atoms with Gasteiger partial charge in [-0.25, -0.2) is 14.4 Å². The highest BCUT2D eigenvalue weighted by Crippen LogP contribution is 2.29. The third-order valence-electron chi connectivity index (χ3n) is 6.08. The average Bonchev–Trinajstić information content (AvgIpc) is 3.25. The number of guanidine groups is 1. The van der Waals surface area contributed by atoms with Gasteiger partial charge in [0, 0.05) is 38.0 Å².